The van der Waals surface area contributed by atoms with Gasteiger partial charge in [-0.3, -0.25) is 9.59 Å². The summed E-state index contributed by atoms with van der Waals surface area (Å²) in [6.07, 6.45) is 5.21. The van der Waals surface area contributed by atoms with E-state index in [2.05, 4.69) is 5.32 Å². The first-order chi connectivity index (χ1) is 11.1. The fraction of sp³-hybridized carbons (Fsp3) is 0.294. The van der Waals surface area contributed by atoms with Crippen LogP contribution in [-0.4, -0.2) is 36.3 Å². The Labute approximate surface area is 143 Å². The van der Waals surface area contributed by atoms with Crippen LogP contribution in [0, 0.1) is 0 Å². The maximum Gasteiger partial charge on any atom is 0.244 e. The molecule has 4 nitrogen and oxygen atoms in total. The SMILES string of the molecule is O=C(/C=C/c1sc2ccccc2c1Cl)NCC(=O)N1CCCC1. The van der Waals surface area contributed by atoms with Crippen LogP contribution in [0.5, 0.6) is 0 Å². The molecule has 0 radical (unpaired) electrons. The highest BCUT2D eigenvalue weighted by molar-refractivity contribution is 7.20. The summed E-state index contributed by atoms with van der Waals surface area (Å²) in [4.78, 5) is 26.3. The molecule has 1 aromatic heterocycles. The Kier molecular flexibility index (Phi) is 4.98. The molecule has 0 atom stereocenters. The quantitative estimate of drug-likeness (QED) is 0.862. The van der Waals surface area contributed by atoms with Crippen molar-refractivity contribution in [3.63, 3.8) is 0 Å². The zero-order valence-corrected chi connectivity index (χ0v) is 14.1. The summed E-state index contributed by atoms with van der Waals surface area (Å²) in [7, 11) is 0. The number of carbonyl (C=O) groups is 2. The van der Waals surface area contributed by atoms with Gasteiger partial charge in [-0.05, 0) is 25.0 Å². The summed E-state index contributed by atoms with van der Waals surface area (Å²) in [6.45, 7) is 1.63. The van der Waals surface area contributed by atoms with Gasteiger partial charge in [0.2, 0.25) is 11.8 Å². The van der Waals surface area contributed by atoms with E-state index < -0.39 is 0 Å². The summed E-state index contributed by atoms with van der Waals surface area (Å²) in [6, 6.07) is 7.85. The van der Waals surface area contributed by atoms with Crippen molar-refractivity contribution in [2.24, 2.45) is 0 Å². The molecule has 1 N–H and O–H groups in total. The zero-order valence-electron chi connectivity index (χ0n) is 12.5. The van der Waals surface area contributed by atoms with Crippen molar-refractivity contribution in [3.8, 4) is 0 Å². The van der Waals surface area contributed by atoms with Gasteiger partial charge >= 0.3 is 0 Å². The van der Waals surface area contributed by atoms with Crippen molar-refractivity contribution in [2.45, 2.75) is 12.8 Å². The minimum atomic E-state index is -0.286. The van der Waals surface area contributed by atoms with Crippen LogP contribution in [0.2, 0.25) is 5.02 Å². The number of benzene rings is 1. The summed E-state index contributed by atoms with van der Waals surface area (Å²) in [5.41, 5.74) is 0. The number of fused-ring (bicyclic) bond motifs is 1. The third-order valence-electron chi connectivity index (χ3n) is 3.82. The summed E-state index contributed by atoms with van der Waals surface area (Å²) in [5.74, 6) is -0.310. The standard InChI is InChI=1S/C17H17ClN2O2S/c18-17-12-5-1-2-6-13(12)23-14(17)7-8-15(21)19-11-16(22)20-9-3-4-10-20/h1-2,5-8H,3-4,9-11H2,(H,19,21)/b8-7+. The van der Waals surface area contributed by atoms with E-state index in [0.717, 1.165) is 40.9 Å². The van der Waals surface area contributed by atoms with Crippen molar-refractivity contribution < 1.29 is 9.59 Å². The minimum absolute atomic E-state index is 0.0239. The Morgan fingerprint density at radius 1 is 1.26 bits per heavy atom. The average Bonchev–Trinajstić information content (AvgIpc) is 3.20. The van der Waals surface area contributed by atoms with Gasteiger partial charge in [-0.15, -0.1) is 11.3 Å². The lowest BCUT2D eigenvalue weighted by atomic mass is 10.2. The monoisotopic (exact) mass is 348 g/mol. The lowest BCUT2D eigenvalue weighted by molar-refractivity contribution is -0.131. The number of carbonyl (C=O) groups excluding carboxylic acids is 2. The molecule has 0 aliphatic carbocycles. The maximum atomic E-state index is 11.9. The first kappa shape index (κ1) is 16.0. The number of hydrogen-bond acceptors (Lipinski definition) is 3. The van der Waals surface area contributed by atoms with Gasteiger partial charge in [0, 0.05) is 34.1 Å². The highest BCUT2D eigenvalue weighted by atomic mass is 35.5. The number of rotatable bonds is 4. The topological polar surface area (TPSA) is 49.4 Å². The molecule has 120 valence electrons. The number of halogens is 1. The normalized spacial score (nSPS) is 14.7. The van der Waals surface area contributed by atoms with Crippen molar-refractivity contribution in [2.75, 3.05) is 19.6 Å². The first-order valence-electron chi connectivity index (χ1n) is 7.56. The Balaban J connectivity index is 1.59. The number of likely N-dealkylation sites (tertiary alicyclic amines) is 1. The van der Waals surface area contributed by atoms with Crippen LogP contribution < -0.4 is 5.32 Å². The van der Waals surface area contributed by atoms with Crippen molar-refractivity contribution in [1.82, 2.24) is 10.2 Å². The highest BCUT2D eigenvalue weighted by Crippen LogP contribution is 2.35. The molecule has 0 unspecified atom stereocenters. The second-order valence-electron chi connectivity index (χ2n) is 5.42. The predicted octanol–water partition coefficient (Wildman–Crippen LogP) is 3.31. The fourth-order valence-electron chi connectivity index (χ4n) is 2.59. The van der Waals surface area contributed by atoms with Gasteiger partial charge in [0.05, 0.1) is 11.6 Å². The van der Waals surface area contributed by atoms with E-state index in [4.69, 9.17) is 11.6 Å². The highest BCUT2D eigenvalue weighted by Gasteiger charge is 2.17. The molecule has 2 heterocycles. The minimum Gasteiger partial charge on any atom is -0.343 e. The van der Waals surface area contributed by atoms with Gasteiger partial charge in [-0.2, -0.15) is 0 Å². The van der Waals surface area contributed by atoms with Crippen LogP contribution in [-0.2, 0) is 9.59 Å². The van der Waals surface area contributed by atoms with Crippen molar-refractivity contribution >= 4 is 50.9 Å². The zero-order chi connectivity index (χ0) is 16.2. The van der Waals surface area contributed by atoms with E-state index in [1.165, 1.54) is 17.4 Å². The molecule has 0 saturated carbocycles. The predicted molar refractivity (Wildman–Crippen MR) is 94.7 cm³/mol. The Bertz CT molecular complexity index is 763. The molecule has 1 aromatic carbocycles. The molecule has 1 aliphatic heterocycles. The van der Waals surface area contributed by atoms with E-state index in [1.54, 1.807) is 11.0 Å². The fourth-order valence-corrected chi connectivity index (χ4v) is 3.99. The summed E-state index contributed by atoms with van der Waals surface area (Å²) >= 11 is 7.86. The lowest BCUT2D eigenvalue weighted by Gasteiger charge is -2.14. The van der Waals surface area contributed by atoms with Crippen LogP contribution in [0.1, 0.15) is 17.7 Å². The van der Waals surface area contributed by atoms with Crippen molar-refractivity contribution in [1.29, 1.82) is 0 Å². The molecular weight excluding hydrogens is 332 g/mol. The lowest BCUT2D eigenvalue weighted by Crippen LogP contribution is -2.38. The van der Waals surface area contributed by atoms with Gasteiger partial charge in [-0.1, -0.05) is 29.8 Å². The molecule has 6 heteroatoms. The molecule has 2 aromatic rings. The maximum absolute atomic E-state index is 11.9. The second kappa shape index (κ2) is 7.15. The van der Waals surface area contributed by atoms with Crippen LogP contribution in [0.4, 0.5) is 0 Å². The number of nitrogens with zero attached hydrogens (tertiary/aromatic N) is 1. The van der Waals surface area contributed by atoms with Gasteiger partial charge in [0.25, 0.3) is 0 Å². The molecule has 0 spiro atoms. The van der Waals surface area contributed by atoms with Gasteiger partial charge in [-0.25, -0.2) is 0 Å². The second-order valence-corrected chi connectivity index (χ2v) is 6.88. The van der Waals surface area contributed by atoms with Gasteiger partial charge in [0.1, 0.15) is 0 Å². The van der Waals surface area contributed by atoms with Gasteiger partial charge < -0.3 is 10.2 Å². The third-order valence-corrected chi connectivity index (χ3v) is 5.47. The van der Waals surface area contributed by atoms with Crippen LogP contribution in [0.25, 0.3) is 16.2 Å². The molecule has 1 aliphatic rings. The molecule has 1 fully saturated rings. The first-order valence-corrected chi connectivity index (χ1v) is 8.75. The molecule has 2 amide bonds. The largest absolute Gasteiger partial charge is 0.343 e. The van der Waals surface area contributed by atoms with Crippen LogP contribution >= 0.6 is 22.9 Å². The third kappa shape index (κ3) is 3.74. The van der Waals surface area contributed by atoms with Gasteiger partial charge in [0.15, 0.2) is 0 Å². The number of hydrogen-bond donors (Lipinski definition) is 1. The Hall–Kier alpha value is -1.85. The number of nitrogens with one attached hydrogen (secondary N) is 1. The summed E-state index contributed by atoms with van der Waals surface area (Å²) in [5, 5.41) is 4.27. The molecule has 3 rings (SSSR count). The van der Waals surface area contributed by atoms with Crippen LogP contribution in [0.15, 0.2) is 30.3 Å². The van der Waals surface area contributed by atoms with Crippen LogP contribution in [0.3, 0.4) is 0 Å². The molecule has 23 heavy (non-hydrogen) atoms. The smallest absolute Gasteiger partial charge is 0.244 e. The number of amides is 2. The van der Waals surface area contributed by atoms with E-state index in [1.807, 2.05) is 24.3 Å². The Morgan fingerprint density at radius 2 is 2.00 bits per heavy atom. The van der Waals surface area contributed by atoms with E-state index in [-0.39, 0.29) is 18.4 Å². The van der Waals surface area contributed by atoms with E-state index >= 15 is 0 Å². The van der Waals surface area contributed by atoms with E-state index in [0.29, 0.717) is 5.02 Å². The average molecular weight is 349 g/mol. The molecule has 0 bridgehead atoms. The Morgan fingerprint density at radius 3 is 2.74 bits per heavy atom. The summed E-state index contributed by atoms with van der Waals surface area (Å²) < 4.78 is 1.08. The number of thiophene rings is 1. The van der Waals surface area contributed by atoms with E-state index in [9.17, 15) is 9.59 Å². The molecular formula is C17H17ClN2O2S. The molecule has 1 saturated heterocycles. The van der Waals surface area contributed by atoms with Crippen molar-refractivity contribution in [3.05, 3.63) is 40.2 Å².